The molecule has 2 fully saturated rings. The third-order valence-electron chi connectivity index (χ3n) is 6.76. The number of nitrogens with one attached hydrogen (secondary N) is 2. The largest absolute Gasteiger partial charge is 0.387 e. The molecule has 12 atom stereocenters. The minimum Gasteiger partial charge on any atom is -0.387 e. The van der Waals surface area contributed by atoms with Crippen LogP contribution in [0.2, 0.25) is 0 Å². The Kier molecular flexibility index (Phi) is 12.0. The number of hydrogen-bond acceptors (Lipinski definition) is 19. The fourth-order valence-electron chi connectivity index (χ4n) is 4.75. The summed E-state index contributed by atoms with van der Waals surface area (Å²) in [7, 11) is -18.1. The molecule has 27 heteroatoms. The van der Waals surface area contributed by atoms with Gasteiger partial charge in [0.2, 0.25) is 0 Å². The van der Waals surface area contributed by atoms with Crippen LogP contribution in [0.25, 0.3) is 0 Å². The number of aliphatic hydroxyl groups excluding tert-OH is 4. The van der Waals surface area contributed by atoms with Gasteiger partial charge in [-0.1, -0.05) is 0 Å². The molecule has 4 heterocycles. The number of aliphatic hydroxyl groups is 4. The summed E-state index contributed by atoms with van der Waals surface area (Å²) in [5, 5.41) is 41.4. The molecular formula is C22H34N4O19P4. The molecule has 0 radical (unpaired) electrons. The second kappa shape index (κ2) is 14.8. The van der Waals surface area contributed by atoms with Gasteiger partial charge < -0.3 is 38.9 Å². The molecule has 0 bridgehead atoms. The molecule has 49 heavy (non-hydrogen) atoms. The van der Waals surface area contributed by atoms with Crippen LogP contribution in [-0.2, 0) is 49.7 Å². The first-order chi connectivity index (χ1) is 22.5. The van der Waals surface area contributed by atoms with E-state index in [-0.39, 0.29) is 0 Å². The minimum absolute atomic E-state index is 0.724. The van der Waals surface area contributed by atoms with Crippen LogP contribution in [0, 0.1) is 0 Å². The van der Waals surface area contributed by atoms with Crippen molar-refractivity contribution in [3.8, 4) is 0 Å². The van der Waals surface area contributed by atoms with Crippen molar-refractivity contribution in [3.63, 3.8) is 0 Å². The molecule has 7 unspecified atom stereocenters. The van der Waals surface area contributed by atoms with E-state index in [0.29, 0.717) is 0 Å². The number of ether oxygens (including phenoxy) is 2. The molecule has 0 aromatic carbocycles. The van der Waals surface area contributed by atoms with Crippen LogP contribution in [0.15, 0.2) is 43.7 Å². The number of aromatic nitrogens is 4. The molecule has 276 valence electrons. The summed E-state index contributed by atoms with van der Waals surface area (Å²) < 4.78 is 89.4. The topological polar surface area (TPSA) is 324 Å². The van der Waals surface area contributed by atoms with Crippen molar-refractivity contribution in [1.82, 2.24) is 19.1 Å². The monoisotopic (exact) mass is 782 g/mol. The number of rotatable bonds is 14. The fourth-order valence-corrected chi connectivity index (χ4v) is 13.2. The zero-order valence-electron chi connectivity index (χ0n) is 25.9. The summed E-state index contributed by atoms with van der Waals surface area (Å²) in [6.45, 7) is 1.64. The molecule has 0 saturated carbocycles. The Hall–Kier alpha value is -2.16. The zero-order chi connectivity index (χ0) is 36.7. The Morgan fingerprint density at radius 3 is 1.27 bits per heavy atom. The number of hydrogen-bond donors (Lipinski definition) is 6. The summed E-state index contributed by atoms with van der Waals surface area (Å²) >= 11 is 0. The lowest BCUT2D eigenvalue weighted by Gasteiger charge is -2.25. The van der Waals surface area contributed by atoms with E-state index in [1.807, 2.05) is 9.97 Å². The SMILES string of the molecule is CP(=O)(OC[C@H]1O[C@@H](n2ccc(=O)[nH]c2=O)C(O)C1O)OP(C)(=O)OP(C)(=O)OP(C)(=O)OC[C@H]1O[C@@H](n2ccc(=O)[nH]c2=O)[C@@H](O)C1O. The smallest absolute Gasteiger partial charge is 0.341 e. The lowest BCUT2D eigenvalue weighted by atomic mass is 10.1. The molecule has 2 saturated heterocycles. The Balaban J connectivity index is 1.31. The highest BCUT2D eigenvalue weighted by Gasteiger charge is 2.47. The third kappa shape index (κ3) is 10.0. The molecule has 2 aromatic heterocycles. The second-order valence-corrected chi connectivity index (χ2v) is 19.7. The van der Waals surface area contributed by atoms with Gasteiger partial charge in [-0.25, -0.2) is 22.5 Å². The van der Waals surface area contributed by atoms with Gasteiger partial charge in [0.1, 0.15) is 36.6 Å². The molecule has 2 aliphatic heterocycles. The van der Waals surface area contributed by atoms with Gasteiger partial charge in [-0.05, 0) is 0 Å². The quantitative estimate of drug-likeness (QED) is 0.121. The average molecular weight is 782 g/mol. The van der Waals surface area contributed by atoms with Gasteiger partial charge >= 0.3 is 41.8 Å². The highest BCUT2D eigenvalue weighted by Crippen LogP contribution is 2.72. The molecule has 2 aromatic rings. The molecule has 6 N–H and O–H groups in total. The highest BCUT2D eigenvalue weighted by molar-refractivity contribution is 7.74. The summed E-state index contributed by atoms with van der Waals surface area (Å²) in [5.41, 5.74) is -3.36. The van der Waals surface area contributed by atoms with Crippen LogP contribution < -0.4 is 22.5 Å². The van der Waals surface area contributed by atoms with Gasteiger partial charge in [-0.3, -0.25) is 47.0 Å². The van der Waals surface area contributed by atoms with Gasteiger partial charge in [-0.15, -0.1) is 0 Å². The Bertz CT molecular complexity index is 1820. The van der Waals surface area contributed by atoms with Crippen molar-refractivity contribution in [2.45, 2.75) is 49.1 Å². The van der Waals surface area contributed by atoms with Crippen LogP contribution in [0.1, 0.15) is 12.5 Å². The predicted octanol–water partition coefficient (Wildman–Crippen LogP) is -1.30. The van der Waals surface area contributed by atoms with Crippen molar-refractivity contribution >= 4 is 30.4 Å². The summed E-state index contributed by atoms with van der Waals surface area (Å²) in [6, 6.07) is 1.94. The van der Waals surface area contributed by atoms with E-state index in [1.165, 1.54) is 0 Å². The molecule has 4 rings (SSSR count). The Morgan fingerprint density at radius 1 is 0.612 bits per heavy atom. The lowest BCUT2D eigenvalue weighted by molar-refractivity contribution is -0.0523. The molecule has 0 spiro atoms. The van der Waals surface area contributed by atoms with Gasteiger partial charge in [0.25, 0.3) is 11.1 Å². The normalized spacial score (nSPS) is 32.2. The number of nitrogens with zero attached hydrogens (tertiary/aromatic N) is 2. The van der Waals surface area contributed by atoms with Crippen molar-refractivity contribution in [2.75, 3.05) is 39.9 Å². The molecule has 0 amide bonds. The van der Waals surface area contributed by atoms with Crippen molar-refractivity contribution in [3.05, 3.63) is 66.2 Å². The maximum atomic E-state index is 13.0. The zero-order valence-corrected chi connectivity index (χ0v) is 29.5. The standard InChI is InChI=1S/C22H34N4O19P4/c1-46(35,39-9-11-15(29)17(31)19(41-11)25-7-5-13(27)23-21(25)33)43-48(3,37)45-49(4,38)44-47(2,36)40-10-12-16(30)18(32)20(42-12)26-8-6-14(28)24-22(26)34/h5-8,11-12,15-20,29-32H,9-10H2,1-4H3,(H,23,27,33)(H,24,28,34)/t11-,12-,15?,16?,17+,18?,19-,20-,46?,47?,48?,49?/m1/s1. The van der Waals surface area contributed by atoms with Crippen LogP contribution in [0.5, 0.6) is 0 Å². The van der Waals surface area contributed by atoms with Crippen LogP contribution in [-0.4, -0.2) is 116 Å². The first-order valence-corrected chi connectivity index (χ1v) is 21.8. The van der Waals surface area contributed by atoms with Crippen molar-refractivity contribution in [2.24, 2.45) is 0 Å². The van der Waals surface area contributed by atoms with E-state index in [2.05, 4.69) is 0 Å². The molecular weight excluding hydrogens is 748 g/mol. The van der Waals surface area contributed by atoms with Gasteiger partial charge in [0, 0.05) is 51.2 Å². The lowest BCUT2D eigenvalue weighted by Crippen LogP contribution is -2.37. The van der Waals surface area contributed by atoms with E-state index in [9.17, 15) is 57.9 Å². The summed E-state index contributed by atoms with van der Waals surface area (Å²) in [4.78, 5) is 50.6. The van der Waals surface area contributed by atoms with E-state index >= 15 is 0 Å². The van der Waals surface area contributed by atoms with E-state index < -0.39 is 115 Å². The van der Waals surface area contributed by atoms with E-state index in [0.717, 1.165) is 60.3 Å². The minimum atomic E-state index is -4.63. The van der Waals surface area contributed by atoms with E-state index in [1.54, 1.807) is 0 Å². The molecule has 23 nitrogen and oxygen atoms in total. The summed E-state index contributed by atoms with van der Waals surface area (Å²) in [6.07, 6.45) is -10.5. The summed E-state index contributed by atoms with van der Waals surface area (Å²) in [5.74, 6) is 0. The van der Waals surface area contributed by atoms with Crippen molar-refractivity contribution in [1.29, 1.82) is 0 Å². The van der Waals surface area contributed by atoms with Crippen LogP contribution in [0.4, 0.5) is 0 Å². The molecule has 0 aliphatic carbocycles. The van der Waals surface area contributed by atoms with Gasteiger partial charge in [0.05, 0.1) is 13.2 Å². The number of H-pyrrole nitrogens is 2. The maximum absolute atomic E-state index is 13.0. The fraction of sp³-hybridized carbons (Fsp3) is 0.636. The predicted molar refractivity (Wildman–Crippen MR) is 164 cm³/mol. The van der Waals surface area contributed by atoms with Crippen molar-refractivity contribution < 1.29 is 70.1 Å². The van der Waals surface area contributed by atoms with Crippen LogP contribution in [0.3, 0.4) is 0 Å². The van der Waals surface area contributed by atoms with Crippen LogP contribution >= 0.6 is 30.4 Å². The molecule has 2 aliphatic rings. The maximum Gasteiger partial charge on any atom is 0.341 e. The number of aromatic amines is 2. The van der Waals surface area contributed by atoms with Gasteiger partial charge in [0.15, 0.2) is 12.5 Å². The van der Waals surface area contributed by atoms with Gasteiger partial charge in [-0.2, -0.15) is 0 Å². The Labute approximate surface area is 274 Å². The highest BCUT2D eigenvalue weighted by atomic mass is 31.3. The van der Waals surface area contributed by atoms with E-state index in [4.69, 9.17) is 31.5 Å². The first-order valence-electron chi connectivity index (χ1n) is 13.9. The average Bonchev–Trinajstić information content (AvgIpc) is 3.38. The second-order valence-electron chi connectivity index (χ2n) is 11.0. The first kappa shape index (κ1) is 39.6. The third-order valence-corrected chi connectivity index (χ3v) is 15.1. The Morgan fingerprint density at radius 2 is 0.939 bits per heavy atom.